The minimum absolute atomic E-state index is 0.193. The van der Waals surface area contributed by atoms with E-state index in [9.17, 15) is 4.39 Å². The Morgan fingerprint density at radius 3 is 3.05 bits per heavy atom. The fourth-order valence-electron chi connectivity index (χ4n) is 2.35. The summed E-state index contributed by atoms with van der Waals surface area (Å²) in [4.78, 5) is 3.98. The first-order valence-corrected chi connectivity index (χ1v) is 6.88. The molecule has 2 aromatic rings. The summed E-state index contributed by atoms with van der Waals surface area (Å²) in [6.07, 6.45) is 2.21. The highest BCUT2D eigenvalue weighted by Crippen LogP contribution is 2.29. The number of fused-ring (bicyclic) bond motifs is 1. The highest BCUT2D eigenvalue weighted by atomic mass is 19.1. The highest BCUT2D eigenvalue weighted by molar-refractivity contribution is 5.45. The van der Waals surface area contributed by atoms with Gasteiger partial charge in [0.05, 0.1) is 18.5 Å². The largest absolute Gasteiger partial charge is 0.467 e. The quantitative estimate of drug-likeness (QED) is 0.940. The Hall–Kier alpha value is -2.65. The van der Waals surface area contributed by atoms with Crippen LogP contribution in [0.25, 0.3) is 0 Å². The second-order valence-electron chi connectivity index (χ2n) is 4.88. The van der Waals surface area contributed by atoms with Crippen LogP contribution < -0.4 is 10.1 Å². The molecule has 0 atom stereocenters. The normalized spacial score (nSPS) is 12.9. The van der Waals surface area contributed by atoms with Crippen LogP contribution in [0.2, 0.25) is 0 Å². The third-order valence-electron chi connectivity index (χ3n) is 3.35. The van der Waals surface area contributed by atoms with Crippen molar-refractivity contribution in [3.8, 4) is 11.8 Å². The summed E-state index contributed by atoms with van der Waals surface area (Å²) in [5, 5.41) is 11.9. The molecule has 22 heavy (non-hydrogen) atoms. The van der Waals surface area contributed by atoms with E-state index in [0.717, 1.165) is 16.8 Å². The number of rotatable bonds is 4. The zero-order valence-corrected chi connectivity index (χ0v) is 11.8. The number of nitrogens with one attached hydrogen (secondary N) is 1. The lowest BCUT2D eigenvalue weighted by Gasteiger charge is -2.21. The van der Waals surface area contributed by atoms with Gasteiger partial charge in [-0.1, -0.05) is 0 Å². The van der Waals surface area contributed by atoms with E-state index in [1.807, 2.05) is 6.07 Å². The van der Waals surface area contributed by atoms with Crippen molar-refractivity contribution >= 4 is 5.69 Å². The maximum atomic E-state index is 13.6. The van der Waals surface area contributed by atoms with Crippen molar-refractivity contribution in [2.45, 2.75) is 13.0 Å². The van der Waals surface area contributed by atoms with Crippen LogP contribution in [0.1, 0.15) is 16.8 Å². The minimum Gasteiger partial charge on any atom is -0.467 e. The second kappa shape index (κ2) is 6.41. The van der Waals surface area contributed by atoms with E-state index in [2.05, 4.69) is 10.3 Å². The molecule has 0 saturated carbocycles. The Kier molecular flexibility index (Phi) is 4.17. The van der Waals surface area contributed by atoms with Crippen LogP contribution >= 0.6 is 0 Å². The molecule has 0 amide bonds. The third-order valence-corrected chi connectivity index (χ3v) is 3.35. The Morgan fingerprint density at radius 2 is 2.27 bits per heavy atom. The maximum Gasteiger partial charge on any atom is 0.189 e. The zero-order chi connectivity index (χ0) is 15.4. The zero-order valence-electron chi connectivity index (χ0n) is 11.8. The van der Waals surface area contributed by atoms with Gasteiger partial charge in [0.15, 0.2) is 6.79 Å². The van der Waals surface area contributed by atoms with Gasteiger partial charge in [-0.2, -0.15) is 5.26 Å². The molecule has 0 aliphatic carbocycles. The molecule has 2 heterocycles. The van der Waals surface area contributed by atoms with Crippen molar-refractivity contribution in [3.63, 3.8) is 0 Å². The average Bonchev–Trinajstić information content (AvgIpc) is 2.55. The molecule has 0 radical (unpaired) electrons. The first kappa shape index (κ1) is 14.3. The summed E-state index contributed by atoms with van der Waals surface area (Å²) >= 11 is 0. The van der Waals surface area contributed by atoms with Crippen LogP contribution in [-0.4, -0.2) is 18.3 Å². The van der Waals surface area contributed by atoms with Crippen molar-refractivity contribution in [1.82, 2.24) is 4.98 Å². The van der Waals surface area contributed by atoms with Crippen LogP contribution in [0.3, 0.4) is 0 Å². The van der Waals surface area contributed by atoms with Crippen LogP contribution in [0, 0.1) is 17.1 Å². The van der Waals surface area contributed by atoms with Gasteiger partial charge in [0.2, 0.25) is 0 Å². The second-order valence-corrected chi connectivity index (χ2v) is 4.88. The Balaban J connectivity index is 1.66. The molecule has 1 aliphatic rings. The number of pyridine rings is 1. The van der Waals surface area contributed by atoms with Gasteiger partial charge in [0, 0.05) is 12.1 Å². The smallest absolute Gasteiger partial charge is 0.189 e. The number of benzene rings is 1. The predicted molar refractivity (Wildman–Crippen MR) is 77.8 cm³/mol. The lowest BCUT2D eigenvalue weighted by atomic mass is 10.1. The number of hydrogen-bond donors (Lipinski definition) is 1. The molecule has 0 fully saturated rings. The molecule has 6 heteroatoms. The topological polar surface area (TPSA) is 67.2 Å². The van der Waals surface area contributed by atoms with Crippen molar-refractivity contribution in [2.24, 2.45) is 0 Å². The number of halogens is 1. The number of anilines is 1. The first-order valence-electron chi connectivity index (χ1n) is 6.88. The van der Waals surface area contributed by atoms with Crippen molar-refractivity contribution < 1.29 is 13.9 Å². The first-order chi connectivity index (χ1) is 10.8. The van der Waals surface area contributed by atoms with Crippen molar-refractivity contribution in [3.05, 3.63) is 53.1 Å². The lowest BCUT2D eigenvalue weighted by molar-refractivity contribution is -0.0172. The van der Waals surface area contributed by atoms with E-state index in [0.29, 0.717) is 31.0 Å². The van der Waals surface area contributed by atoms with Crippen LogP contribution in [-0.2, 0) is 17.8 Å². The standard InChI is InChI=1S/C16H14FN3O2/c17-13-5-11(16-12(6-13)9-21-10-22-16)3-4-19-15-2-1-14(7-18)20-8-15/h1-2,5-6,8,19H,3-4,9-10H2. The van der Waals surface area contributed by atoms with Crippen LogP contribution in [0.5, 0.6) is 5.75 Å². The van der Waals surface area contributed by atoms with E-state index in [4.69, 9.17) is 14.7 Å². The summed E-state index contributed by atoms with van der Waals surface area (Å²) in [7, 11) is 0. The molecule has 5 nitrogen and oxygen atoms in total. The average molecular weight is 299 g/mol. The van der Waals surface area contributed by atoms with Gasteiger partial charge >= 0.3 is 0 Å². The number of nitrogens with zero attached hydrogens (tertiary/aromatic N) is 2. The van der Waals surface area contributed by atoms with Gasteiger partial charge in [0.1, 0.15) is 23.3 Å². The number of hydrogen-bond acceptors (Lipinski definition) is 5. The molecule has 0 saturated heterocycles. The summed E-state index contributed by atoms with van der Waals surface area (Å²) in [6.45, 7) is 1.17. The van der Waals surface area contributed by atoms with Gasteiger partial charge < -0.3 is 14.8 Å². The maximum absolute atomic E-state index is 13.6. The Labute approximate surface area is 127 Å². The van der Waals surface area contributed by atoms with Gasteiger partial charge in [-0.3, -0.25) is 0 Å². The van der Waals surface area contributed by atoms with Gasteiger partial charge in [0.25, 0.3) is 0 Å². The summed E-state index contributed by atoms with van der Waals surface area (Å²) in [6, 6.07) is 8.33. The predicted octanol–water partition coefficient (Wildman–Crippen LogP) is 2.61. The Bertz CT molecular complexity index is 711. The van der Waals surface area contributed by atoms with Gasteiger partial charge in [-0.15, -0.1) is 0 Å². The van der Waals surface area contributed by atoms with Gasteiger partial charge in [-0.05, 0) is 36.2 Å². The molecule has 112 valence electrons. The van der Waals surface area contributed by atoms with Crippen molar-refractivity contribution in [2.75, 3.05) is 18.7 Å². The van der Waals surface area contributed by atoms with E-state index >= 15 is 0 Å². The molecular formula is C16H14FN3O2. The summed E-state index contributed by atoms with van der Waals surface area (Å²) in [5.74, 6) is 0.426. The SMILES string of the molecule is N#Cc1ccc(NCCc2cc(F)cc3c2OCOC3)cn1. The monoisotopic (exact) mass is 299 g/mol. The molecule has 3 rings (SSSR count). The molecule has 1 aliphatic heterocycles. The Morgan fingerprint density at radius 1 is 1.36 bits per heavy atom. The molecule has 0 bridgehead atoms. The molecule has 1 aromatic carbocycles. The van der Waals surface area contributed by atoms with Crippen molar-refractivity contribution in [1.29, 1.82) is 5.26 Å². The fourth-order valence-corrected chi connectivity index (χ4v) is 2.35. The van der Waals surface area contributed by atoms with E-state index < -0.39 is 0 Å². The van der Waals surface area contributed by atoms with E-state index in [1.54, 1.807) is 18.3 Å². The summed E-state index contributed by atoms with van der Waals surface area (Å²) in [5.41, 5.74) is 2.74. The summed E-state index contributed by atoms with van der Waals surface area (Å²) < 4.78 is 24.3. The molecule has 0 unspecified atom stereocenters. The van der Waals surface area contributed by atoms with E-state index in [-0.39, 0.29) is 12.6 Å². The number of aromatic nitrogens is 1. The molecule has 1 N–H and O–H groups in total. The van der Waals surface area contributed by atoms with E-state index in [1.165, 1.54) is 12.1 Å². The number of ether oxygens (including phenoxy) is 2. The number of nitriles is 1. The molecular weight excluding hydrogens is 285 g/mol. The van der Waals surface area contributed by atoms with Crippen LogP contribution in [0.15, 0.2) is 30.5 Å². The molecule has 0 spiro atoms. The third kappa shape index (κ3) is 3.15. The lowest BCUT2D eigenvalue weighted by Crippen LogP contribution is -2.15. The van der Waals surface area contributed by atoms with Crippen LogP contribution in [0.4, 0.5) is 10.1 Å². The molecule has 1 aromatic heterocycles. The highest BCUT2D eigenvalue weighted by Gasteiger charge is 2.16. The minimum atomic E-state index is -0.289. The van der Waals surface area contributed by atoms with Gasteiger partial charge in [-0.25, -0.2) is 9.37 Å². The fraction of sp³-hybridized carbons (Fsp3) is 0.250.